The van der Waals surface area contributed by atoms with Crippen LogP contribution in [-0.4, -0.2) is 18.6 Å². The van der Waals surface area contributed by atoms with Crippen LogP contribution in [0.1, 0.15) is 30.9 Å². The van der Waals surface area contributed by atoms with Gasteiger partial charge >= 0.3 is 0 Å². The molecule has 1 atom stereocenters. The summed E-state index contributed by atoms with van der Waals surface area (Å²) in [6.45, 7) is 1.10. The highest BCUT2D eigenvalue weighted by Crippen LogP contribution is 2.29. The molecule has 0 bridgehead atoms. The largest absolute Gasteiger partial charge is 0.496 e. The van der Waals surface area contributed by atoms with E-state index in [1.54, 1.807) is 13.3 Å². The van der Waals surface area contributed by atoms with Crippen LogP contribution in [0.2, 0.25) is 0 Å². The van der Waals surface area contributed by atoms with Crippen LogP contribution in [0.5, 0.6) is 5.75 Å². The van der Waals surface area contributed by atoms with E-state index in [2.05, 4.69) is 10.3 Å². The van der Waals surface area contributed by atoms with Gasteiger partial charge in [0.25, 0.3) is 0 Å². The van der Waals surface area contributed by atoms with Crippen LogP contribution < -0.4 is 10.1 Å². The lowest BCUT2D eigenvalue weighted by Crippen LogP contribution is -2.27. The fraction of sp³-hybridized carbons (Fsp3) is 0.545. The van der Waals surface area contributed by atoms with Crippen molar-refractivity contribution in [1.29, 1.82) is 0 Å². The summed E-state index contributed by atoms with van der Waals surface area (Å²) < 4.78 is 5.32. The zero-order chi connectivity index (χ0) is 9.80. The summed E-state index contributed by atoms with van der Waals surface area (Å²) >= 11 is 0. The molecule has 3 heteroatoms. The minimum Gasteiger partial charge on any atom is -0.496 e. The average molecular weight is 192 g/mol. The smallest absolute Gasteiger partial charge is 0.126 e. The van der Waals surface area contributed by atoms with Crippen LogP contribution in [0.15, 0.2) is 18.5 Å². The Hall–Kier alpha value is -1.09. The van der Waals surface area contributed by atoms with Gasteiger partial charge in [-0.1, -0.05) is 6.42 Å². The third kappa shape index (κ3) is 1.87. The number of aromatic nitrogens is 1. The van der Waals surface area contributed by atoms with Gasteiger partial charge in [0.1, 0.15) is 5.75 Å². The van der Waals surface area contributed by atoms with E-state index in [1.807, 2.05) is 12.3 Å². The molecule has 0 aromatic carbocycles. The number of pyridine rings is 1. The van der Waals surface area contributed by atoms with Crippen molar-refractivity contribution in [3.05, 3.63) is 24.0 Å². The highest BCUT2D eigenvalue weighted by atomic mass is 16.5. The zero-order valence-corrected chi connectivity index (χ0v) is 8.49. The molecule has 1 aromatic heterocycles. The Morgan fingerprint density at radius 1 is 1.50 bits per heavy atom. The molecule has 2 rings (SSSR count). The molecule has 1 aliphatic heterocycles. The van der Waals surface area contributed by atoms with Crippen molar-refractivity contribution in [2.75, 3.05) is 13.7 Å². The lowest BCUT2D eigenvalue weighted by Gasteiger charge is -2.24. The summed E-state index contributed by atoms with van der Waals surface area (Å²) in [6, 6.07) is 2.35. The minimum absolute atomic E-state index is 0.424. The summed E-state index contributed by atoms with van der Waals surface area (Å²) in [7, 11) is 1.71. The Balaban J connectivity index is 2.20. The normalized spacial score (nSPS) is 21.9. The van der Waals surface area contributed by atoms with Crippen LogP contribution in [0.3, 0.4) is 0 Å². The lowest BCUT2D eigenvalue weighted by molar-refractivity contribution is 0.372. The van der Waals surface area contributed by atoms with Crippen molar-refractivity contribution in [2.45, 2.75) is 25.3 Å². The summed E-state index contributed by atoms with van der Waals surface area (Å²) in [5.74, 6) is 0.944. The van der Waals surface area contributed by atoms with Gasteiger partial charge < -0.3 is 10.1 Å². The molecule has 1 fully saturated rings. The van der Waals surface area contributed by atoms with Gasteiger partial charge in [0.15, 0.2) is 0 Å². The fourth-order valence-corrected chi connectivity index (χ4v) is 1.96. The van der Waals surface area contributed by atoms with Crippen molar-refractivity contribution >= 4 is 0 Å². The molecule has 2 heterocycles. The molecule has 0 saturated carbocycles. The second-order valence-electron chi connectivity index (χ2n) is 3.62. The van der Waals surface area contributed by atoms with Crippen LogP contribution in [0.25, 0.3) is 0 Å². The van der Waals surface area contributed by atoms with Gasteiger partial charge in [0.2, 0.25) is 0 Å². The molecule has 0 radical (unpaired) electrons. The number of nitrogens with zero attached hydrogens (tertiary/aromatic N) is 1. The molecule has 0 amide bonds. The SMILES string of the molecule is COc1ccncc1C1CCCCN1. The maximum atomic E-state index is 5.32. The summed E-state index contributed by atoms with van der Waals surface area (Å²) in [6.07, 6.45) is 7.42. The predicted molar refractivity (Wildman–Crippen MR) is 55.4 cm³/mol. The number of hydrogen-bond acceptors (Lipinski definition) is 3. The molecule has 76 valence electrons. The molecule has 0 aliphatic carbocycles. The summed E-state index contributed by atoms with van der Waals surface area (Å²) in [5.41, 5.74) is 1.19. The maximum absolute atomic E-state index is 5.32. The highest BCUT2D eigenvalue weighted by Gasteiger charge is 2.17. The molecule has 1 unspecified atom stereocenters. The Morgan fingerprint density at radius 2 is 2.43 bits per heavy atom. The lowest BCUT2D eigenvalue weighted by atomic mass is 9.98. The van der Waals surface area contributed by atoms with Gasteiger partial charge in [-0.05, 0) is 25.5 Å². The first-order valence-corrected chi connectivity index (χ1v) is 5.13. The minimum atomic E-state index is 0.424. The Kier molecular flexibility index (Phi) is 2.99. The van der Waals surface area contributed by atoms with Crippen molar-refractivity contribution < 1.29 is 4.74 Å². The highest BCUT2D eigenvalue weighted by molar-refractivity contribution is 5.33. The molecule has 14 heavy (non-hydrogen) atoms. The quantitative estimate of drug-likeness (QED) is 0.777. The molecule has 1 saturated heterocycles. The summed E-state index contributed by atoms with van der Waals surface area (Å²) in [5, 5.41) is 3.49. The second kappa shape index (κ2) is 4.42. The van der Waals surface area contributed by atoms with Crippen LogP contribution >= 0.6 is 0 Å². The number of nitrogens with one attached hydrogen (secondary N) is 1. The molecule has 0 spiro atoms. The molecule has 3 nitrogen and oxygen atoms in total. The molecular formula is C11H16N2O. The van der Waals surface area contributed by atoms with Gasteiger partial charge in [-0.2, -0.15) is 0 Å². The van der Waals surface area contributed by atoms with E-state index in [0.29, 0.717) is 6.04 Å². The number of piperidine rings is 1. The first-order chi connectivity index (χ1) is 6.92. The molecular weight excluding hydrogens is 176 g/mol. The van der Waals surface area contributed by atoms with E-state index >= 15 is 0 Å². The molecule has 1 N–H and O–H groups in total. The van der Waals surface area contributed by atoms with Crippen molar-refractivity contribution in [2.24, 2.45) is 0 Å². The van der Waals surface area contributed by atoms with Crippen LogP contribution in [0.4, 0.5) is 0 Å². The van der Waals surface area contributed by atoms with E-state index in [-0.39, 0.29) is 0 Å². The zero-order valence-electron chi connectivity index (χ0n) is 8.49. The fourth-order valence-electron chi connectivity index (χ4n) is 1.96. The predicted octanol–water partition coefficient (Wildman–Crippen LogP) is 1.90. The number of hydrogen-bond donors (Lipinski definition) is 1. The van der Waals surface area contributed by atoms with Crippen LogP contribution in [-0.2, 0) is 0 Å². The van der Waals surface area contributed by atoms with Gasteiger partial charge in [0.05, 0.1) is 7.11 Å². The number of ether oxygens (including phenoxy) is 1. The van der Waals surface area contributed by atoms with E-state index in [0.717, 1.165) is 12.3 Å². The van der Waals surface area contributed by atoms with E-state index in [4.69, 9.17) is 4.74 Å². The maximum Gasteiger partial charge on any atom is 0.126 e. The molecule has 1 aromatic rings. The first-order valence-electron chi connectivity index (χ1n) is 5.13. The topological polar surface area (TPSA) is 34.1 Å². The van der Waals surface area contributed by atoms with Gasteiger partial charge in [0, 0.05) is 24.0 Å². The van der Waals surface area contributed by atoms with Gasteiger partial charge in [-0.25, -0.2) is 0 Å². The molecule has 1 aliphatic rings. The Bertz CT molecular complexity index is 295. The van der Waals surface area contributed by atoms with Crippen molar-refractivity contribution in [3.63, 3.8) is 0 Å². The third-order valence-corrected chi connectivity index (χ3v) is 2.72. The number of methoxy groups -OCH3 is 1. The van der Waals surface area contributed by atoms with Gasteiger partial charge in [-0.3, -0.25) is 4.98 Å². The van der Waals surface area contributed by atoms with E-state index < -0.39 is 0 Å². The monoisotopic (exact) mass is 192 g/mol. The standard InChI is InChI=1S/C11H16N2O/c1-14-11-5-7-12-8-9(11)10-4-2-3-6-13-10/h5,7-8,10,13H,2-4,6H2,1H3. The Morgan fingerprint density at radius 3 is 3.14 bits per heavy atom. The average Bonchev–Trinajstić information content (AvgIpc) is 2.30. The van der Waals surface area contributed by atoms with E-state index in [9.17, 15) is 0 Å². The van der Waals surface area contributed by atoms with Gasteiger partial charge in [-0.15, -0.1) is 0 Å². The van der Waals surface area contributed by atoms with Crippen molar-refractivity contribution in [1.82, 2.24) is 10.3 Å². The summed E-state index contributed by atoms with van der Waals surface area (Å²) in [4.78, 5) is 4.15. The Labute approximate surface area is 84.5 Å². The van der Waals surface area contributed by atoms with Crippen LogP contribution in [0, 0.1) is 0 Å². The first kappa shape index (κ1) is 9.46. The second-order valence-corrected chi connectivity index (χ2v) is 3.62. The third-order valence-electron chi connectivity index (χ3n) is 2.72. The number of rotatable bonds is 2. The van der Waals surface area contributed by atoms with Crippen molar-refractivity contribution in [3.8, 4) is 5.75 Å². The van der Waals surface area contributed by atoms with E-state index in [1.165, 1.54) is 24.8 Å².